The number of hydrogen-bond acceptors (Lipinski definition) is 8. The number of rotatable bonds is 71. The zero-order valence-corrected chi connectivity index (χ0v) is 60.7. The molecule has 524 valence electrons. The fraction of sp³-hybridized carbons (Fsp3) is 0.800. The third kappa shape index (κ3) is 74.2. The summed E-state index contributed by atoms with van der Waals surface area (Å²) < 4.78 is 34.4. The second-order valence-corrected chi connectivity index (χ2v) is 28.4. The average molecular weight is 1280 g/mol. The molecule has 9 nitrogen and oxygen atoms in total. The third-order valence-corrected chi connectivity index (χ3v) is 17.9. The molecule has 10 heteroatoms. The quantitative estimate of drug-likeness (QED) is 0.0195. The molecule has 0 amide bonds. The van der Waals surface area contributed by atoms with E-state index in [1.54, 1.807) is 0 Å². The van der Waals surface area contributed by atoms with E-state index in [4.69, 9.17) is 18.5 Å². The zero-order chi connectivity index (χ0) is 65.5. The molecule has 0 aliphatic carbocycles. The Hall–Kier alpha value is -2.81. The van der Waals surface area contributed by atoms with Crippen LogP contribution in [-0.2, 0) is 32.7 Å². The highest BCUT2D eigenvalue weighted by molar-refractivity contribution is 7.45. The Morgan fingerprint density at radius 3 is 0.944 bits per heavy atom. The topological polar surface area (TPSA) is 111 Å². The molecule has 2 atom stereocenters. The Morgan fingerprint density at radius 1 is 0.356 bits per heavy atom. The van der Waals surface area contributed by atoms with Crippen LogP contribution in [0, 0.1) is 0 Å². The van der Waals surface area contributed by atoms with Crippen LogP contribution < -0.4 is 4.89 Å². The number of carbonyl (C=O) groups is 2. The number of carbonyl (C=O) groups excluding carboxylic acids is 2. The lowest BCUT2D eigenvalue weighted by molar-refractivity contribution is -0.870. The highest BCUT2D eigenvalue weighted by Crippen LogP contribution is 2.38. The maximum atomic E-state index is 12.9. The van der Waals surface area contributed by atoms with E-state index in [0.29, 0.717) is 17.4 Å². The first-order valence-electron chi connectivity index (χ1n) is 38.3. The Morgan fingerprint density at radius 2 is 0.633 bits per heavy atom. The molecule has 0 bridgehead atoms. The van der Waals surface area contributed by atoms with Crippen molar-refractivity contribution in [1.29, 1.82) is 0 Å². The molecule has 0 spiro atoms. The summed E-state index contributed by atoms with van der Waals surface area (Å²) in [5, 5.41) is 0. The number of phosphoric acid groups is 1. The molecule has 0 fully saturated rings. The van der Waals surface area contributed by atoms with Gasteiger partial charge in [-0.15, -0.1) is 0 Å². The summed E-state index contributed by atoms with van der Waals surface area (Å²) in [6.45, 7) is 4.16. The van der Waals surface area contributed by atoms with E-state index in [0.717, 1.165) is 77.0 Å². The summed E-state index contributed by atoms with van der Waals surface area (Å²) in [5.41, 5.74) is 0. The molecule has 0 aliphatic heterocycles. The fourth-order valence-electron chi connectivity index (χ4n) is 11.1. The first-order chi connectivity index (χ1) is 44.0. The molecule has 2 unspecified atom stereocenters. The zero-order valence-electron chi connectivity index (χ0n) is 59.8. The van der Waals surface area contributed by atoms with Crippen molar-refractivity contribution in [1.82, 2.24) is 0 Å². The number of phosphoric ester groups is 1. The number of likely N-dealkylation sites (N-methyl/N-ethyl adjacent to an activating group) is 1. The van der Waals surface area contributed by atoms with Gasteiger partial charge in [-0.2, -0.15) is 0 Å². The van der Waals surface area contributed by atoms with Gasteiger partial charge >= 0.3 is 11.9 Å². The predicted molar refractivity (Wildman–Crippen MR) is 388 cm³/mol. The lowest BCUT2D eigenvalue weighted by atomic mass is 10.0. The number of quaternary nitrogens is 1. The summed E-state index contributed by atoms with van der Waals surface area (Å²) in [6.07, 6.45) is 96.9. The highest BCUT2D eigenvalue weighted by atomic mass is 31.2. The monoisotopic (exact) mass is 1280 g/mol. The summed E-state index contributed by atoms with van der Waals surface area (Å²) in [7, 11) is 1.17. The maximum Gasteiger partial charge on any atom is 0.306 e. The van der Waals surface area contributed by atoms with Crippen LogP contribution in [0.1, 0.15) is 361 Å². The van der Waals surface area contributed by atoms with Crippen molar-refractivity contribution in [2.24, 2.45) is 0 Å². The fourth-order valence-corrected chi connectivity index (χ4v) is 11.8. The lowest BCUT2D eigenvalue weighted by Crippen LogP contribution is -2.37. The molecular weight excluding hydrogens is 1130 g/mol. The summed E-state index contributed by atoms with van der Waals surface area (Å²) in [5.74, 6) is -0.820. The first-order valence-corrected chi connectivity index (χ1v) is 39.8. The van der Waals surface area contributed by atoms with E-state index in [-0.39, 0.29) is 32.0 Å². The molecule has 0 N–H and O–H groups in total. The normalized spacial score (nSPS) is 13.5. The number of unbranched alkanes of at least 4 members (excludes halogenated alkanes) is 43. The van der Waals surface area contributed by atoms with Crippen molar-refractivity contribution in [2.75, 3.05) is 47.5 Å². The Kier molecular flexibility index (Phi) is 68.3. The van der Waals surface area contributed by atoms with Gasteiger partial charge in [-0.05, 0) is 89.9 Å². The van der Waals surface area contributed by atoms with Crippen LogP contribution in [0.25, 0.3) is 0 Å². The largest absolute Gasteiger partial charge is 0.756 e. The predicted octanol–water partition coefficient (Wildman–Crippen LogP) is 24.6. The summed E-state index contributed by atoms with van der Waals surface area (Å²) >= 11 is 0. The molecule has 0 radical (unpaired) electrons. The van der Waals surface area contributed by atoms with Crippen LogP contribution in [0.2, 0.25) is 0 Å². The second-order valence-electron chi connectivity index (χ2n) is 27.0. The van der Waals surface area contributed by atoms with Crippen molar-refractivity contribution in [3.63, 3.8) is 0 Å². The van der Waals surface area contributed by atoms with Crippen LogP contribution in [0.3, 0.4) is 0 Å². The first kappa shape index (κ1) is 87.2. The van der Waals surface area contributed by atoms with Gasteiger partial charge in [0.15, 0.2) is 6.10 Å². The second kappa shape index (κ2) is 70.5. The van der Waals surface area contributed by atoms with Crippen LogP contribution in [-0.4, -0.2) is 70.0 Å². The Balaban J connectivity index is 3.95. The van der Waals surface area contributed by atoms with E-state index in [9.17, 15) is 19.0 Å². The van der Waals surface area contributed by atoms with Crippen molar-refractivity contribution in [3.05, 3.63) is 85.1 Å². The van der Waals surface area contributed by atoms with E-state index < -0.39 is 26.5 Å². The van der Waals surface area contributed by atoms with Crippen molar-refractivity contribution < 1.29 is 42.1 Å². The van der Waals surface area contributed by atoms with Gasteiger partial charge in [-0.25, -0.2) is 0 Å². The van der Waals surface area contributed by atoms with Crippen LogP contribution in [0.5, 0.6) is 0 Å². The molecule has 0 aromatic rings. The molecule has 0 rings (SSSR count). The van der Waals surface area contributed by atoms with Gasteiger partial charge in [0, 0.05) is 12.8 Å². The van der Waals surface area contributed by atoms with Gasteiger partial charge in [0.1, 0.15) is 19.8 Å². The van der Waals surface area contributed by atoms with Crippen LogP contribution in [0.4, 0.5) is 0 Å². The van der Waals surface area contributed by atoms with Crippen LogP contribution >= 0.6 is 7.82 Å². The number of nitrogens with zero attached hydrogens (tertiary/aromatic N) is 1. The maximum absolute atomic E-state index is 12.9. The minimum Gasteiger partial charge on any atom is -0.756 e. The summed E-state index contributed by atoms with van der Waals surface area (Å²) in [6, 6.07) is 0. The average Bonchev–Trinajstić information content (AvgIpc) is 3.58. The Labute approximate surface area is 558 Å². The minimum absolute atomic E-state index is 0.0317. The highest BCUT2D eigenvalue weighted by Gasteiger charge is 2.22. The van der Waals surface area contributed by atoms with Gasteiger partial charge < -0.3 is 27.9 Å². The molecular formula is C80H146NO8P. The molecule has 0 aromatic carbocycles. The lowest BCUT2D eigenvalue weighted by Gasteiger charge is -2.28. The van der Waals surface area contributed by atoms with Gasteiger partial charge in [0.25, 0.3) is 7.82 Å². The molecule has 90 heavy (non-hydrogen) atoms. The van der Waals surface area contributed by atoms with Gasteiger partial charge in [-0.3, -0.25) is 14.2 Å². The SMILES string of the molecule is CC/C=C\C/C=C\C/C=C\C/C=C\C/C=C\CCCCCCCCCCCCCCCC(=O)OC(COC(=O)CCCCCCCCCCCCCCCCCCCCCCCCCCC/C=C\C/C=C\CCCCCCC)COP(=O)([O-])OCC[N+](C)(C)C. The number of ether oxygens (including phenoxy) is 2. The van der Waals surface area contributed by atoms with Crippen molar-refractivity contribution >= 4 is 19.8 Å². The summed E-state index contributed by atoms with van der Waals surface area (Å²) in [4.78, 5) is 38.1. The number of esters is 2. The van der Waals surface area contributed by atoms with E-state index in [2.05, 4.69) is 98.9 Å². The molecule has 0 saturated heterocycles. The molecule has 0 aromatic heterocycles. The van der Waals surface area contributed by atoms with Gasteiger partial charge in [0.2, 0.25) is 0 Å². The molecule has 0 heterocycles. The number of hydrogen-bond donors (Lipinski definition) is 0. The van der Waals surface area contributed by atoms with Gasteiger partial charge in [-0.1, -0.05) is 343 Å². The molecule has 0 saturated carbocycles. The van der Waals surface area contributed by atoms with Gasteiger partial charge in [0.05, 0.1) is 27.7 Å². The third-order valence-electron chi connectivity index (χ3n) is 16.9. The van der Waals surface area contributed by atoms with E-state index in [1.165, 1.54) is 250 Å². The van der Waals surface area contributed by atoms with Crippen molar-refractivity contribution in [2.45, 2.75) is 367 Å². The minimum atomic E-state index is -4.65. The smallest absolute Gasteiger partial charge is 0.306 e. The number of allylic oxidation sites excluding steroid dienone is 14. The molecule has 0 aliphatic rings. The standard InChI is InChI=1S/C80H146NO8P/c1-6-8-10-12-14-16-18-20-22-24-26-28-30-32-34-36-37-38-39-40-41-42-43-45-46-48-50-52-54-56-58-60-62-64-66-68-70-72-79(82)86-76-78(77-88-90(84,85)87-75-74-81(3,4)5)89-80(83)73-71-69-67-65-63-61-59-57-55-53-51-49-47-44-35-33-31-29-27-25-23-21-19-17-15-13-11-9-7-2/h9,11,15,17-18,20-21,23-24,26-27,29,33,35,78H,6-8,10,12-14,16,19,22,25,28,30-32,34,36-77H2,1-5H3/b11-9-,17-15-,20-18-,23-21-,26-24-,29-27-,35-33-. The van der Waals surface area contributed by atoms with E-state index in [1.807, 2.05) is 21.1 Å². The van der Waals surface area contributed by atoms with Crippen LogP contribution in [0.15, 0.2) is 85.1 Å². The van der Waals surface area contributed by atoms with E-state index >= 15 is 0 Å². The Bertz CT molecular complexity index is 1800. The van der Waals surface area contributed by atoms with Crippen molar-refractivity contribution in [3.8, 4) is 0 Å².